The Hall–Kier alpha value is -2.92. The largest absolute Gasteiger partial charge is 0.422 e. The molecule has 0 aliphatic rings. The average Bonchev–Trinajstić information content (AvgIpc) is 3.14. The topological polar surface area (TPSA) is 50.5 Å². The zero-order valence-corrected chi connectivity index (χ0v) is 16.2. The van der Waals surface area contributed by atoms with Gasteiger partial charge in [0.15, 0.2) is 0 Å². The summed E-state index contributed by atoms with van der Waals surface area (Å²) in [6, 6.07) is 15.2. The molecular weight excluding hydrogens is 358 g/mol. The third kappa shape index (κ3) is 2.94. The Labute approximate surface area is 160 Å². The molecule has 4 rings (SSSR count). The van der Waals surface area contributed by atoms with Crippen molar-refractivity contribution in [3.63, 3.8) is 0 Å². The van der Waals surface area contributed by atoms with Gasteiger partial charge in [0.1, 0.15) is 5.58 Å². The molecule has 27 heavy (non-hydrogen) atoms. The first-order chi connectivity index (χ1) is 13.0. The van der Waals surface area contributed by atoms with Crippen molar-refractivity contribution in [3.8, 4) is 0 Å². The van der Waals surface area contributed by atoms with E-state index in [0.29, 0.717) is 15.8 Å². The maximum absolute atomic E-state index is 13.1. The van der Waals surface area contributed by atoms with E-state index in [4.69, 9.17) is 4.42 Å². The number of rotatable bonds is 3. The molecule has 0 aliphatic carbocycles. The first kappa shape index (κ1) is 17.5. The van der Waals surface area contributed by atoms with Crippen molar-refractivity contribution in [2.45, 2.75) is 20.3 Å². The fraction of sp³-hybridized carbons (Fsp3) is 0.182. The van der Waals surface area contributed by atoms with Crippen molar-refractivity contribution in [1.29, 1.82) is 0 Å². The van der Waals surface area contributed by atoms with Gasteiger partial charge in [-0.15, -0.1) is 11.3 Å². The molecule has 0 spiro atoms. The smallest absolute Gasteiger partial charge is 0.345 e. The summed E-state index contributed by atoms with van der Waals surface area (Å²) in [6.07, 6.45) is 0.841. The second-order valence-electron chi connectivity index (χ2n) is 6.59. The highest BCUT2D eigenvalue weighted by atomic mass is 32.1. The molecule has 2 aromatic carbocycles. The lowest BCUT2D eigenvalue weighted by Crippen LogP contribution is -2.26. The SMILES string of the molecule is CCc1ccccc1N(C)C(=O)c1cc2c(=O)oc3ccc(C)cc3c2s1. The van der Waals surface area contributed by atoms with Crippen LogP contribution >= 0.6 is 11.3 Å². The van der Waals surface area contributed by atoms with Crippen molar-refractivity contribution >= 4 is 44.0 Å². The number of carbonyl (C=O) groups excluding carboxylic acids is 1. The Morgan fingerprint density at radius 1 is 1.11 bits per heavy atom. The third-order valence-electron chi connectivity index (χ3n) is 4.78. The summed E-state index contributed by atoms with van der Waals surface area (Å²) >= 11 is 1.34. The summed E-state index contributed by atoms with van der Waals surface area (Å²) < 4.78 is 6.23. The highest BCUT2D eigenvalue weighted by molar-refractivity contribution is 7.21. The monoisotopic (exact) mass is 377 g/mol. The quantitative estimate of drug-likeness (QED) is 0.464. The molecule has 4 nitrogen and oxygen atoms in total. The molecule has 0 fully saturated rings. The number of hydrogen-bond donors (Lipinski definition) is 0. The zero-order chi connectivity index (χ0) is 19.1. The molecule has 0 saturated carbocycles. The minimum absolute atomic E-state index is 0.127. The predicted molar refractivity (Wildman–Crippen MR) is 111 cm³/mol. The summed E-state index contributed by atoms with van der Waals surface area (Å²) in [7, 11) is 1.77. The molecule has 0 aliphatic heterocycles. The van der Waals surface area contributed by atoms with Crippen LogP contribution in [0, 0.1) is 6.92 Å². The molecular formula is C22H19NO3S. The number of benzene rings is 2. The maximum Gasteiger partial charge on any atom is 0.345 e. The molecule has 136 valence electrons. The molecule has 4 aromatic rings. The van der Waals surface area contributed by atoms with E-state index < -0.39 is 5.63 Å². The third-order valence-corrected chi connectivity index (χ3v) is 5.94. The molecule has 2 heterocycles. The van der Waals surface area contributed by atoms with Crippen molar-refractivity contribution < 1.29 is 9.21 Å². The van der Waals surface area contributed by atoms with E-state index in [0.717, 1.165) is 33.3 Å². The van der Waals surface area contributed by atoms with Crippen LogP contribution in [-0.2, 0) is 6.42 Å². The van der Waals surface area contributed by atoms with Crippen LogP contribution in [0.2, 0.25) is 0 Å². The normalized spacial score (nSPS) is 11.2. The number of amides is 1. The predicted octanol–water partition coefficient (Wildman–Crippen LogP) is 5.16. The van der Waals surface area contributed by atoms with Gasteiger partial charge >= 0.3 is 5.63 Å². The van der Waals surface area contributed by atoms with Crippen molar-refractivity contribution in [1.82, 2.24) is 0 Å². The molecule has 0 unspecified atom stereocenters. The minimum atomic E-state index is -0.409. The Bertz CT molecular complexity index is 1240. The Morgan fingerprint density at radius 3 is 2.67 bits per heavy atom. The van der Waals surface area contributed by atoms with Gasteiger partial charge in [0.2, 0.25) is 0 Å². The van der Waals surface area contributed by atoms with Crippen LogP contribution in [0.4, 0.5) is 5.69 Å². The fourth-order valence-corrected chi connectivity index (χ4v) is 4.47. The average molecular weight is 377 g/mol. The van der Waals surface area contributed by atoms with Crippen molar-refractivity contribution in [3.05, 3.63) is 75.0 Å². The molecule has 5 heteroatoms. The first-order valence-corrected chi connectivity index (χ1v) is 9.64. The lowest BCUT2D eigenvalue weighted by molar-refractivity contribution is 0.0996. The molecule has 1 amide bonds. The fourth-order valence-electron chi connectivity index (χ4n) is 3.32. The number of fused-ring (bicyclic) bond motifs is 3. The standard InChI is InChI=1S/C22H19NO3S/c1-4-14-7-5-6-8-17(14)23(3)21(24)19-12-16-20(27-19)15-11-13(2)9-10-18(15)26-22(16)25/h5-12H,4H2,1-3H3. The maximum atomic E-state index is 13.1. The van der Waals surface area contributed by atoms with Gasteiger partial charge in [0.25, 0.3) is 5.91 Å². The number of thiophene rings is 1. The van der Waals surface area contributed by atoms with E-state index in [2.05, 4.69) is 6.92 Å². The first-order valence-electron chi connectivity index (χ1n) is 8.82. The molecule has 2 aromatic heterocycles. The van der Waals surface area contributed by atoms with Gasteiger partial charge in [-0.25, -0.2) is 4.79 Å². The van der Waals surface area contributed by atoms with Gasteiger partial charge in [-0.05, 0) is 43.2 Å². The summed E-state index contributed by atoms with van der Waals surface area (Å²) in [5.74, 6) is -0.127. The van der Waals surface area contributed by atoms with Crippen LogP contribution in [0.5, 0.6) is 0 Å². The van der Waals surface area contributed by atoms with Gasteiger partial charge < -0.3 is 9.32 Å². The van der Waals surface area contributed by atoms with Crippen LogP contribution in [0.1, 0.15) is 27.7 Å². The van der Waals surface area contributed by atoms with Gasteiger partial charge in [-0.1, -0.05) is 36.8 Å². The van der Waals surface area contributed by atoms with E-state index in [1.165, 1.54) is 11.3 Å². The molecule has 0 atom stereocenters. The summed E-state index contributed by atoms with van der Waals surface area (Å²) in [5, 5.41) is 1.32. The second kappa shape index (κ2) is 6.67. The number of carbonyl (C=O) groups is 1. The number of anilines is 1. The zero-order valence-electron chi connectivity index (χ0n) is 15.4. The summed E-state index contributed by atoms with van der Waals surface area (Å²) in [6.45, 7) is 4.06. The van der Waals surface area contributed by atoms with Gasteiger partial charge in [-0.3, -0.25) is 4.79 Å². The Balaban J connectivity index is 1.85. The van der Waals surface area contributed by atoms with E-state index in [1.807, 2.05) is 43.3 Å². The number of para-hydroxylation sites is 1. The lowest BCUT2D eigenvalue weighted by atomic mass is 10.1. The van der Waals surface area contributed by atoms with E-state index in [1.54, 1.807) is 24.1 Å². The summed E-state index contributed by atoms with van der Waals surface area (Å²) in [5.41, 5.74) is 3.20. The number of hydrogen-bond acceptors (Lipinski definition) is 4. The van der Waals surface area contributed by atoms with Crippen molar-refractivity contribution in [2.75, 3.05) is 11.9 Å². The van der Waals surface area contributed by atoms with Crippen LogP contribution in [0.15, 0.2) is 57.7 Å². The van der Waals surface area contributed by atoms with Crippen molar-refractivity contribution in [2.24, 2.45) is 0 Å². The van der Waals surface area contributed by atoms with Crippen LogP contribution in [0.3, 0.4) is 0 Å². The number of aryl methyl sites for hydroxylation is 2. The van der Waals surface area contributed by atoms with Gasteiger partial charge in [0, 0.05) is 18.1 Å². The highest BCUT2D eigenvalue weighted by Gasteiger charge is 2.20. The molecule has 0 radical (unpaired) electrons. The van der Waals surface area contributed by atoms with Gasteiger partial charge in [0.05, 0.1) is 15.0 Å². The summed E-state index contributed by atoms with van der Waals surface area (Å²) in [4.78, 5) is 27.6. The molecule has 0 N–H and O–H groups in total. The molecule has 0 saturated heterocycles. The van der Waals surface area contributed by atoms with Gasteiger partial charge in [-0.2, -0.15) is 0 Å². The van der Waals surface area contributed by atoms with E-state index in [-0.39, 0.29) is 5.91 Å². The van der Waals surface area contributed by atoms with Crippen LogP contribution in [-0.4, -0.2) is 13.0 Å². The van der Waals surface area contributed by atoms with E-state index >= 15 is 0 Å². The minimum Gasteiger partial charge on any atom is -0.422 e. The van der Waals surface area contributed by atoms with Crippen LogP contribution in [0.25, 0.3) is 21.1 Å². The molecule has 0 bridgehead atoms. The highest BCUT2D eigenvalue weighted by Crippen LogP contribution is 2.32. The van der Waals surface area contributed by atoms with E-state index in [9.17, 15) is 9.59 Å². The lowest BCUT2D eigenvalue weighted by Gasteiger charge is -2.19. The number of nitrogens with zero attached hydrogens (tertiary/aromatic N) is 1. The Kier molecular flexibility index (Phi) is 4.32. The Morgan fingerprint density at radius 2 is 1.89 bits per heavy atom. The van der Waals surface area contributed by atoms with Crippen LogP contribution < -0.4 is 10.5 Å². The second-order valence-corrected chi connectivity index (χ2v) is 7.64.